The van der Waals surface area contributed by atoms with Crippen molar-refractivity contribution < 1.29 is 0 Å². The Morgan fingerprint density at radius 2 is 2.17 bits per heavy atom. The fraction of sp³-hybridized carbons (Fsp3) is 0.643. The van der Waals surface area contributed by atoms with E-state index in [0.29, 0.717) is 12.1 Å². The van der Waals surface area contributed by atoms with Crippen LogP contribution in [0.4, 0.5) is 0 Å². The lowest BCUT2D eigenvalue weighted by Gasteiger charge is -2.34. The summed E-state index contributed by atoms with van der Waals surface area (Å²) in [5.74, 6) is 0. The summed E-state index contributed by atoms with van der Waals surface area (Å²) < 4.78 is 0. The number of hydrogen-bond donors (Lipinski definition) is 2. The van der Waals surface area contributed by atoms with E-state index in [-0.39, 0.29) is 0 Å². The lowest BCUT2D eigenvalue weighted by atomic mass is 10.0. The molecule has 18 heavy (non-hydrogen) atoms. The first-order valence-corrected chi connectivity index (χ1v) is 6.84. The molecule has 2 unspecified atom stereocenters. The zero-order chi connectivity index (χ0) is 12.8. The average Bonchev–Trinajstić information content (AvgIpc) is 2.46. The lowest BCUT2D eigenvalue weighted by molar-refractivity contribution is 0.166. The van der Waals surface area contributed by atoms with Gasteiger partial charge in [0.2, 0.25) is 0 Å². The van der Waals surface area contributed by atoms with Crippen LogP contribution in [0.5, 0.6) is 0 Å². The van der Waals surface area contributed by atoms with Gasteiger partial charge < -0.3 is 10.6 Å². The van der Waals surface area contributed by atoms with Gasteiger partial charge >= 0.3 is 0 Å². The van der Waals surface area contributed by atoms with Gasteiger partial charge in [-0.3, -0.25) is 9.88 Å². The molecule has 0 aliphatic carbocycles. The van der Waals surface area contributed by atoms with Crippen molar-refractivity contribution >= 4 is 0 Å². The Kier molecular flexibility index (Phi) is 5.11. The SMILES string of the molecule is CNC(CC(C)N1CCNCC1)c1ccccn1. The summed E-state index contributed by atoms with van der Waals surface area (Å²) in [4.78, 5) is 7.01. The van der Waals surface area contributed by atoms with E-state index in [1.165, 1.54) is 0 Å². The number of hydrogen-bond acceptors (Lipinski definition) is 4. The molecule has 1 aliphatic rings. The highest BCUT2D eigenvalue weighted by Crippen LogP contribution is 2.18. The highest BCUT2D eigenvalue weighted by atomic mass is 15.2. The van der Waals surface area contributed by atoms with E-state index in [1.54, 1.807) is 0 Å². The molecular weight excluding hydrogens is 224 g/mol. The predicted molar refractivity (Wildman–Crippen MR) is 74.6 cm³/mol. The van der Waals surface area contributed by atoms with Crippen molar-refractivity contribution in [3.8, 4) is 0 Å². The lowest BCUT2D eigenvalue weighted by Crippen LogP contribution is -2.48. The maximum absolute atomic E-state index is 4.45. The first-order valence-electron chi connectivity index (χ1n) is 6.84. The molecule has 0 aromatic carbocycles. The summed E-state index contributed by atoms with van der Waals surface area (Å²) in [6, 6.07) is 7.06. The molecule has 1 fully saturated rings. The van der Waals surface area contributed by atoms with Gasteiger partial charge in [-0.1, -0.05) is 6.07 Å². The Bertz CT molecular complexity index is 335. The van der Waals surface area contributed by atoms with Crippen LogP contribution >= 0.6 is 0 Å². The minimum Gasteiger partial charge on any atom is -0.314 e. The zero-order valence-electron chi connectivity index (χ0n) is 11.4. The molecule has 1 saturated heterocycles. The standard InChI is InChI=1S/C14H24N4/c1-12(18-9-7-16-8-10-18)11-14(15-2)13-5-3-4-6-17-13/h3-6,12,14-16H,7-11H2,1-2H3. The van der Waals surface area contributed by atoms with Crippen LogP contribution in [0.3, 0.4) is 0 Å². The van der Waals surface area contributed by atoms with Crippen molar-refractivity contribution in [1.82, 2.24) is 20.5 Å². The van der Waals surface area contributed by atoms with Gasteiger partial charge in [-0.25, -0.2) is 0 Å². The summed E-state index contributed by atoms with van der Waals surface area (Å²) in [6.45, 7) is 6.84. The van der Waals surface area contributed by atoms with Gasteiger partial charge in [-0.2, -0.15) is 0 Å². The molecule has 2 heterocycles. The number of nitrogens with one attached hydrogen (secondary N) is 2. The molecule has 2 rings (SSSR count). The zero-order valence-corrected chi connectivity index (χ0v) is 11.4. The third kappa shape index (κ3) is 3.51. The maximum Gasteiger partial charge on any atom is 0.0573 e. The largest absolute Gasteiger partial charge is 0.314 e. The third-order valence-electron chi connectivity index (χ3n) is 3.75. The van der Waals surface area contributed by atoms with Gasteiger partial charge in [0.1, 0.15) is 0 Å². The number of pyridine rings is 1. The van der Waals surface area contributed by atoms with Crippen LogP contribution in [0, 0.1) is 0 Å². The van der Waals surface area contributed by atoms with Crippen molar-refractivity contribution in [2.45, 2.75) is 25.4 Å². The fourth-order valence-corrected chi connectivity index (χ4v) is 2.58. The van der Waals surface area contributed by atoms with Crippen LogP contribution in [-0.4, -0.2) is 49.2 Å². The minimum absolute atomic E-state index is 0.344. The van der Waals surface area contributed by atoms with Gasteiger partial charge in [0.05, 0.1) is 11.7 Å². The van der Waals surface area contributed by atoms with E-state index < -0.39 is 0 Å². The third-order valence-corrected chi connectivity index (χ3v) is 3.75. The predicted octanol–water partition coefficient (Wildman–Crippen LogP) is 1.03. The topological polar surface area (TPSA) is 40.2 Å². The van der Waals surface area contributed by atoms with Crippen molar-refractivity contribution in [3.05, 3.63) is 30.1 Å². The van der Waals surface area contributed by atoms with E-state index in [1.807, 2.05) is 19.3 Å². The minimum atomic E-state index is 0.344. The molecule has 0 saturated carbocycles. The summed E-state index contributed by atoms with van der Waals surface area (Å²) in [7, 11) is 2.02. The van der Waals surface area contributed by atoms with Crippen LogP contribution in [-0.2, 0) is 0 Å². The van der Waals surface area contributed by atoms with Gasteiger partial charge in [0, 0.05) is 38.4 Å². The second kappa shape index (κ2) is 6.83. The summed E-state index contributed by atoms with van der Waals surface area (Å²) in [5, 5.41) is 6.78. The van der Waals surface area contributed by atoms with E-state index in [9.17, 15) is 0 Å². The molecule has 4 heteroatoms. The molecule has 1 aliphatic heterocycles. The van der Waals surface area contributed by atoms with Crippen molar-refractivity contribution in [2.24, 2.45) is 0 Å². The molecule has 2 atom stereocenters. The Hall–Kier alpha value is -0.970. The normalized spacial score (nSPS) is 20.6. The van der Waals surface area contributed by atoms with E-state index in [4.69, 9.17) is 0 Å². The Morgan fingerprint density at radius 3 is 2.78 bits per heavy atom. The Morgan fingerprint density at radius 1 is 1.39 bits per heavy atom. The second-order valence-electron chi connectivity index (χ2n) is 4.97. The maximum atomic E-state index is 4.45. The van der Waals surface area contributed by atoms with Crippen LogP contribution in [0.2, 0.25) is 0 Å². The van der Waals surface area contributed by atoms with Crippen LogP contribution in [0.15, 0.2) is 24.4 Å². The van der Waals surface area contributed by atoms with Crippen LogP contribution in [0.25, 0.3) is 0 Å². The summed E-state index contributed by atoms with van der Waals surface area (Å²) >= 11 is 0. The van der Waals surface area contributed by atoms with Gasteiger partial charge in [0.25, 0.3) is 0 Å². The Balaban J connectivity index is 1.93. The molecular formula is C14H24N4. The molecule has 100 valence electrons. The first kappa shape index (κ1) is 13.5. The van der Waals surface area contributed by atoms with Gasteiger partial charge in [-0.15, -0.1) is 0 Å². The monoisotopic (exact) mass is 248 g/mol. The van der Waals surface area contributed by atoms with Crippen molar-refractivity contribution in [3.63, 3.8) is 0 Å². The molecule has 2 N–H and O–H groups in total. The average molecular weight is 248 g/mol. The van der Waals surface area contributed by atoms with Crippen LogP contribution in [0.1, 0.15) is 25.1 Å². The molecule has 1 aromatic heterocycles. The van der Waals surface area contributed by atoms with E-state index in [0.717, 1.165) is 38.3 Å². The quantitative estimate of drug-likeness (QED) is 0.816. The van der Waals surface area contributed by atoms with Crippen molar-refractivity contribution in [2.75, 3.05) is 33.2 Å². The van der Waals surface area contributed by atoms with E-state index in [2.05, 4.69) is 39.6 Å². The van der Waals surface area contributed by atoms with Crippen LogP contribution < -0.4 is 10.6 Å². The Labute approximate surface area is 110 Å². The highest BCUT2D eigenvalue weighted by Gasteiger charge is 2.20. The van der Waals surface area contributed by atoms with Crippen molar-refractivity contribution in [1.29, 1.82) is 0 Å². The summed E-state index contributed by atoms with van der Waals surface area (Å²) in [5.41, 5.74) is 1.14. The second-order valence-corrected chi connectivity index (χ2v) is 4.97. The van der Waals surface area contributed by atoms with E-state index >= 15 is 0 Å². The number of piperazine rings is 1. The smallest absolute Gasteiger partial charge is 0.0573 e. The number of nitrogens with zero attached hydrogens (tertiary/aromatic N) is 2. The molecule has 0 radical (unpaired) electrons. The molecule has 0 spiro atoms. The molecule has 0 amide bonds. The highest BCUT2D eigenvalue weighted by molar-refractivity contribution is 5.09. The molecule has 0 bridgehead atoms. The summed E-state index contributed by atoms with van der Waals surface area (Å²) in [6.07, 6.45) is 2.97. The van der Waals surface area contributed by atoms with Gasteiger partial charge in [0.15, 0.2) is 0 Å². The number of aromatic nitrogens is 1. The fourth-order valence-electron chi connectivity index (χ4n) is 2.58. The van der Waals surface area contributed by atoms with Gasteiger partial charge in [-0.05, 0) is 32.5 Å². The molecule has 4 nitrogen and oxygen atoms in total. The first-order chi connectivity index (χ1) is 8.81. The number of rotatable bonds is 5. The molecule has 1 aromatic rings.